The van der Waals surface area contributed by atoms with E-state index in [0.29, 0.717) is 35.3 Å². The highest BCUT2D eigenvalue weighted by atomic mass is 32.1. The molecular weight excluding hydrogens is 395 g/mol. The topological polar surface area (TPSA) is 76.6 Å². The van der Waals surface area contributed by atoms with Gasteiger partial charge < -0.3 is 19.7 Å². The lowest BCUT2D eigenvalue weighted by Gasteiger charge is -2.34. The number of aromatic nitrogens is 2. The Morgan fingerprint density at radius 1 is 1.31 bits per heavy atom. The molecule has 1 aliphatic heterocycles. The van der Waals surface area contributed by atoms with Gasteiger partial charge in [-0.1, -0.05) is 11.3 Å². The molecule has 1 amide bonds. The van der Waals surface area contributed by atoms with E-state index < -0.39 is 0 Å². The van der Waals surface area contributed by atoms with Gasteiger partial charge in [-0.15, -0.1) is 10.2 Å². The minimum absolute atomic E-state index is 0.0879. The number of benzene rings is 2. The molecule has 0 bridgehead atoms. The van der Waals surface area contributed by atoms with Crippen molar-refractivity contribution in [2.45, 2.75) is 19.6 Å². The molecule has 1 unspecified atom stereocenters. The molecule has 3 aromatic rings. The molecule has 150 valence electrons. The minimum Gasteiger partial charge on any atom is -0.497 e. The second-order valence-corrected chi connectivity index (χ2v) is 7.67. The maximum absolute atomic E-state index is 13.5. The molecule has 1 N–H and O–H groups in total. The Labute approximate surface area is 171 Å². The first-order chi connectivity index (χ1) is 14.0. The van der Waals surface area contributed by atoms with Crippen molar-refractivity contribution < 1.29 is 18.7 Å². The molecule has 0 saturated carbocycles. The second-order valence-electron chi connectivity index (χ2n) is 6.60. The lowest BCUT2D eigenvalue weighted by atomic mass is 10.2. The van der Waals surface area contributed by atoms with Crippen molar-refractivity contribution in [2.24, 2.45) is 0 Å². The first-order valence-electron chi connectivity index (χ1n) is 9.01. The van der Waals surface area contributed by atoms with Crippen LogP contribution in [0.25, 0.3) is 0 Å². The third-order valence-electron chi connectivity index (χ3n) is 4.40. The summed E-state index contributed by atoms with van der Waals surface area (Å²) in [7, 11) is 1.58. The molecular formula is C20H19FN4O3S. The summed E-state index contributed by atoms with van der Waals surface area (Å²) in [5.41, 5.74) is 1.44. The number of ether oxygens (including phenoxy) is 2. The number of nitrogens with one attached hydrogen (secondary N) is 1. The summed E-state index contributed by atoms with van der Waals surface area (Å²) in [5, 5.41) is 11.9. The van der Waals surface area contributed by atoms with E-state index in [4.69, 9.17) is 9.47 Å². The highest BCUT2D eigenvalue weighted by Gasteiger charge is 2.25. The predicted octanol–water partition coefficient (Wildman–Crippen LogP) is 3.73. The van der Waals surface area contributed by atoms with E-state index in [0.717, 1.165) is 5.69 Å². The third-order valence-corrected chi connectivity index (χ3v) is 5.31. The zero-order chi connectivity index (χ0) is 20.4. The highest BCUT2D eigenvalue weighted by molar-refractivity contribution is 7.13. The SMILES string of the molecule is COc1ccc(NC(=O)c2nnc(CN3CC(C)Oc4cc(F)ccc43)s2)cc1. The van der Waals surface area contributed by atoms with Gasteiger partial charge in [-0.3, -0.25) is 4.79 Å². The van der Waals surface area contributed by atoms with Crippen LogP contribution in [0.15, 0.2) is 42.5 Å². The van der Waals surface area contributed by atoms with Gasteiger partial charge in [0.1, 0.15) is 28.4 Å². The normalized spacial score (nSPS) is 15.4. The van der Waals surface area contributed by atoms with E-state index in [2.05, 4.69) is 20.4 Å². The smallest absolute Gasteiger partial charge is 0.286 e. The van der Waals surface area contributed by atoms with Crippen LogP contribution in [-0.2, 0) is 6.54 Å². The molecule has 1 aliphatic rings. The Balaban J connectivity index is 1.46. The van der Waals surface area contributed by atoms with Gasteiger partial charge in [0.05, 0.1) is 25.9 Å². The summed E-state index contributed by atoms with van der Waals surface area (Å²) in [6.45, 7) is 3.01. The van der Waals surface area contributed by atoms with Gasteiger partial charge in [0.25, 0.3) is 5.91 Å². The number of anilines is 2. The fraction of sp³-hybridized carbons (Fsp3) is 0.250. The van der Waals surface area contributed by atoms with Gasteiger partial charge in [-0.2, -0.15) is 0 Å². The lowest BCUT2D eigenvalue weighted by Crippen LogP contribution is -2.38. The predicted molar refractivity (Wildman–Crippen MR) is 108 cm³/mol. The number of carbonyl (C=O) groups excluding carboxylic acids is 1. The number of hydrogen-bond acceptors (Lipinski definition) is 7. The van der Waals surface area contributed by atoms with E-state index >= 15 is 0 Å². The summed E-state index contributed by atoms with van der Waals surface area (Å²) in [6.07, 6.45) is -0.0879. The van der Waals surface area contributed by atoms with Gasteiger partial charge in [-0.05, 0) is 43.3 Å². The fourth-order valence-electron chi connectivity index (χ4n) is 3.09. The number of halogens is 1. The van der Waals surface area contributed by atoms with Crippen LogP contribution in [0.2, 0.25) is 0 Å². The Kier molecular flexibility index (Phi) is 5.30. The Morgan fingerprint density at radius 3 is 2.86 bits per heavy atom. The number of methoxy groups -OCH3 is 1. The van der Waals surface area contributed by atoms with Crippen molar-refractivity contribution in [3.63, 3.8) is 0 Å². The van der Waals surface area contributed by atoms with Crippen molar-refractivity contribution in [3.05, 3.63) is 58.3 Å². The average Bonchev–Trinajstić information content (AvgIpc) is 3.17. The summed E-state index contributed by atoms with van der Waals surface area (Å²) < 4.78 is 24.3. The molecule has 2 aromatic carbocycles. The maximum Gasteiger partial charge on any atom is 0.286 e. The molecule has 1 atom stereocenters. The Hall–Kier alpha value is -3.20. The van der Waals surface area contributed by atoms with Crippen molar-refractivity contribution in [3.8, 4) is 11.5 Å². The molecule has 29 heavy (non-hydrogen) atoms. The maximum atomic E-state index is 13.5. The number of rotatable bonds is 5. The number of hydrogen-bond donors (Lipinski definition) is 1. The zero-order valence-electron chi connectivity index (χ0n) is 15.9. The highest BCUT2D eigenvalue weighted by Crippen LogP contribution is 2.35. The number of carbonyl (C=O) groups is 1. The van der Waals surface area contributed by atoms with Gasteiger partial charge in [0.2, 0.25) is 5.01 Å². The molecule has 1 aromatic heterocycles. The van der Waals surface area contributed by atoms with Gasteiger partial charge in [-0.25, -0.2) is 4.39 Å². The Morgan fingerprint density at radius 2 is 2.10 bits per heavy atom. The van der Waals surface area contributed by atoms with Crippen molar-refractivity contribution in [1.29, 1.82) is 0 Å². The van der Waals surface area contributed by atoms with E-state index in [-0.39, 0.29) is 22.8 Å². The fourth-order valence-corrected chi connectivity index (χ4v) is 3.84. The van der Waals surface area contributed by atoms with Crippen LogP contribution < -0.4 is 19.7 Å². The molecule has 4 rings (SSSR count). The molecule has 0 saturated heterocycles. The van der Waals surface area contributed by atoms with Crippen LogP contribution >= 0.6 is 11.3 Å². The quantitative estimate of drug-likeness (QED) is 0.686. The Bertz CT molecular complexity index is 1020. The molecule has 2 heterocycles. The van der Waals surface area contributed by atoms with Crippen molar-refractivity contribution in [1.82, 2.24) is 10.2 Å². The van der Waals surface area contributed by atoms with Crippen LogP contribution in [0.5, 0.6) is 11.5 Å². The largest absolute Gasteiger partial charge is 0.497 e. The molecule has 9 heteroatoms. The molecule has 0 fully saturated rings. The molecule has 0 radical (unpaired) electrons. The van der Waals surface area contributed by atoms with E-state index in [9.17, 15) is 9.18 Å². The van der Waals surface area contributed by atoms with Crippen molar-refractivity contribution >= 4 is 28.6 Å². The van der Waals surface area contributed by atoms with E-state index in [1.807, 2.05) is 6.92 Å². The van der Waals surface area contributed by atoms with Crippen LogP contribution in [-0.4, -0.2) is 35.9 Å². The second kappa shape index (κ2) is 8.04. The van der Waals surface area contributed by atoms with E-state index in [1.54, 1.807) is 37.4 Å². The number of amides is 1. The summed E-state index contributed by atoms with van der Waals surface area (Å²) in [5.74, 6) is 0.551. The van der Waals surface area contributed by atoms with Gasteiger partial charge >= 0.3 is 0 Å². The average molecular weight is 414 g/mol. The molecule has 7 nitrogen and oxygen atoms in total. The third kappa shape index (κ3) is 4.29. The zero-order valence-corrected chi connectivity index (χ0v) is 16.7. The first kappa shape index (κ1) is 19.1. The van der Waals surface area contributed by atoms with Crippen LogP contribution in [0.3, 0.4) is 0 Å². The number of fused-ring (bicyclic) bond motifs is 1. The first-order valence-corrected chi connectivity index (χ1v) is 9.82. The van der Waals surface area contributed by atoms with E-state index in [1.165, 1.54) is 23.5 Å². The van der Waals surface area contributed by atoms with Crippen LogP contribution in [0.1, 0.15) is 21.7 Å². The van der Waals surface area contributed by atoms with Gasteiger partial charge in [0, 0.05) is 11.8 Å². The summed E-state index contributed by atoms with van der Waals surface area (Å²) in [4.78, 5) is 14.5. The van der Waals surface area contributed by atoms with Crippen LogP contribution in [0.4, 0.5) is 15.8 Å². The molecule has 0 aliphatic carbocycles. The van der Waals surface area contributed by atoms with Crippen LogP contribution in [0, 0.1) is 5.82 Å². The summed E-state index contributed by atoms with van der Waals surface area (Å²) in [6, 6.07) is 11.5. The van der Waals surface area contributed by atoms with Crippen molar-refractivity contribution in [2.75, 3.05) is 23.9 Å². The minimum atomic E-state index is -0.341. The summed E-state index contributed by atoms with van der Waals surface area (Å²) >= 11 is 1.23. The number of nitrogens with zero attached hydrogens (tertiary/aromatic N) is 3. The molecule has 0 spiro atoms. The standard InChI is InChI=1S/C20H19FN4O3S/c1-12-10-25(16-8-3-13(21)9-17(16)28-12)11-18-23-24-20(29-18)19(26)22-14-4-6-15(27-2)7-5-14/h3-9,12H,10-11H2,1-2H3,(H,22,26). The monoisotopic (exact) mass is 414 g/mol. The van der Waals surface area contributed by atoms with Gasteiger partial charge in [0.15, 0.2) is 0 Å². The lowest BCUT2D eigenvalue weighted by molar-refractivity contribution is 0.102.